The summed E-state index contributed by atoms with van der Waals surface area (Å²) in [6.45, 7) is 0. The van der Waals surface area contributed by atoms with Crippen molar-refractivity contribution in [3.05, 3.63) is 23.3 Å². The molecule has 0 aliphatic heterocycles. The molecule has 0 atom stereocenters. The summed E-state index contributed by atoms with van der Waals surface area (Å²) < 4.78 is 38.5. The van der Waals surface area contributed by atoms with Crippen molar-refractivity contribution >= 4 is 5.97 Å². The van der Waals surface area contributed by atoms with Crippen LogP contribution in [0.25, 0.3) is 0 Å². The third-order valence-corrected chi connectivity index (χ3v) is 3.91. The van der Waals surface area contributed by atoms with Crippen LogP contribution in [-0.2, 0) is 17.6 Å². The minimum absolute atomic E-state index is 0.225. The van der Waals surface area contributed by atoms with Gasteiger partial charge in [-0.25, -0.2) is 8.78 Å². The average Bonchev–Trinajstić information content (AvgIpc) is 2.87. The Kier molecular flexibility index (Phi) is 4.34. The lowest BCUT2D eigenvalue weighted by Crippen LogP contribution is -2.29. The van der Waals surface area contributed by atoms with Crippen molar-refractivity contribution in [1.29, 1.82) is 0 Å². The molecule has 0 amide bonds. The highest BCUT2D eigenvalue weighted by Gasteiger charge is 2.43. The Morgan fingerprint density at radius 2 is 1.71 bits per heavy atom. The van der Waals surface area contributed by atoms with E-state index in [-0.39, 0.29) is 12.8 Å². The van der Waals surface area contributed by atoms with E-state index in [0.717, 1.165) is 11.1 Å². The third-order valence-electron chi connectivity index (χ3n) is 3.91. The maximum atomic E-state index is 14.1. The van der Waals surface area contributed by atoms with Crippen LogP contribution in [0, 0.1) is 5.92 Å². The maximum absolute atomic E-state index is 14.1. The Morgan fingerprint density at radius 3 is 2.10 bits per heavy atom. The van der Waals surface area contributed by atoms with Crippen LogP contribution >= 0.6 is 0 Å². The summed E-state index contributed by atoms with van der Waals surface area (Å²) >= 11 is 0. The Bertz CT molecular complexity index is 510. The number of hydrogen-bond acceptors (Lipinski definition) is 3. The van der Waals surface area contributed by atoms with Crippen molar-refractivity contribution in [2.75, 3.05) is 14.2 Å². The fraction of sp³-hybridized carbons (Fsp3) is 0.533. The van der Waals surface area contributed by atoms with Crippen LogP contribution in [0.1, 0.15) is 24.0 Å². The molecule has 0 spiro atoms. The Hall–Kier alpha value is -1.85. The molecule has 116 valence electrons. The number of carbonyl (C=O) groups is 1. The van der Waals surface area contributed by atoms with Crippen molar-refractivity contribution in [3.63, 3.8) is 0 Å². The minimum atomic E-state index is -2.99. The number of rotatable bonds is 6. The van der Waals surface area contributed by atoms with E-state index in [9.17, 15) is 13.6 Å². The highest BCUT2D eigenvalue weighted by Crippen LogP contribution is 2.43. The van der Waals surface area contributed by atoms with Crippen molar-refractivity contribution in [1.82, 2.24) is 0 Å². The molecule has 1 aliphatic carbocycles. The Labute approximate surface area is 121 Å². The van der Waals surface area contributed by atoms with Gasteiger partial charge in [0.25, 0.3) is 5.92 Å². The molecule has 0 bridgehead atoms. The van der Waals surface area contributed by atoms with Gasteiger partial charge in [-0.3, -0.25) is 4.79 Å². The summed E-state index contributed by atoms with van der Waals surface area (Å²) in [4.78, 5) is 10.5. The van der Waals surface area contributed by atoms with Crippen molar-refractivity contribution in [2.45, 2.75) is 31.6 Å². The van der Waals surface area contributed by atoms with Crippen molar-refractivity contribution in [2.24, 2.45) is 5.92 Å². The monoisotopic (exact) mass is 300 g/mol. The zero-order valence-corrected chi connectivity index (χ0v) is 12.0. The fourth-order valence-corrected chi connectivity index (χ4v) is 2.72. The van der Waals surface area contributed by atoms with Crippen LogP contribution < -0.4 is 9.47 Å². The second-order valence-electron chi connectivity index (χ2n) is 5.24. The first kappa shape index (κ1) is 15.5. The number of fused-ring (bicyclic) bond motifs is 1. The summed E-state index contributed by atoms with van der Waals surface area (Å²) in [6.07, 6.45) is -0.702. The van der Waals surface area contributed by atoms with Gasteiger partial charge >= 0.3 is 5.97 Å². The molecule has 6 heteroatoms. The average molecular weight is 300 g/mol. The molecule has 21 heavy (non-hydrogen) atoms. The predicted molar refractivity (Wildman–Crippen MR) is 72.3 cm³/mol. The number of alkyl halides is 2. The molecule has 2 rings (SSSR count). The molecule has 4 nitrogen and oxygen atoms in total. The molecule has 0 heterocycles. The molecule has 0 aromatic heterocycles. The molecule has 0 unspecified atom stereocenters. The van der Waals surface area contributed by atoms with Gasteiger partial charge in [-0.1, -0.05) is 0 Å². The minimum Gasteiger partial charge on any atom is -0.493 e. The molecular formula is C15H18F2O4. The number of carboxylic acids is 1. The smallest absolute Gasteiger partial charge is 0.303 e. The molecule has 1 aromatic carbocycles. The SMILES string of the molecule is COc1cc2c(cc1OC)CC(C(F)(F)CCC(=O)O)C2. The van der Waals surface area contributed by atoms with E-state index < -0.39 is 30.7 Å². The van der Waals surface area contributed by atoms with Crippen LogP contribution in [0.2, 0.25) is 0 Å². The van der Waals surface area contributed by atoms with Gasteiger partial charge in [0.15, 0.2) is 11.5 Å². The maximum Gasteiger partial charge on any atom is 0.303 e. The third kappa shape index (κ3) is 3.25. The van der Waals surface area contributed by atoms with Gasteiger partial charge in [0.05, 0.1) is 20.6 Å². The molecule has 1 N–H and O–H groups in total. The first-order chi connectivity index (χ1) is 9.87. The molecule has 0 radical (unpaired) electrons. The molecular weight excluding hydrogens is 282 g/mol. The number of ether oxygens (including phenoxy) is 2. The normalized spacial score (nSPS) is 14.9. The highest BCUT2D eigenvalue weighted by molar-refractivity contribution is 5.66. The lowest BCUT2D eigenvalue weighted by molar-refractivity contribution is -0.140. The van der Waals surface area contributed by atoms with E-state index >= 15 is 0 Å². The second kappa shape index (κ2) is 5.87. The summed E-state index contributed by atoms with van der Waals surface area (Å²) in [5, 5.41) is 8.56. The second-order valence-corrected chi connectivity index (χ2v) is 5.24. The summed E-state index contributed by atoms with van der Waals surface area (Å²) in [5.41, 5.74) is 1.63. The summed E-state index contributed by atoms with van der Waals surface area (Å²) in [6, 6.07) is 3.45. The standard InChI is InChI=1S/C15H18F2O4/c1-20-12-7-9-5-11(6-10(9)8-13(12)21-2)15(16,17)4-3-14(18)19/h7-8,11H,3-6H2,1-2H3,(H,18,19). The molecule has 0 saturated carbocycles. The van der Waals surface area contributed by atoms with Gasteiger partial charge in [0.1, 0.15) is 0 Å². The number of halogens is 2. The summed E-state index contributed by atoms with van der Waals surface area (Å²) in [7, 11) is 3.00. The molecule has 1 aliphatic rings. The van der Waals surface area contributed by atoms with Crippen molar-refractivity contribution < 1.29 is 28.2 Å². The van der Waals surface area contributed by atoms with Gasteiger partial charge in [-0.05, 0) is 36.1 Å². The van der Waals surface area contributed by atoms with Gasteiger partial charge in [-0.2, -0.15) is 0 Å². The topological polar surface area (TPSA) is 55.8 Å². The van der Waals surface area contributed by atoms with Gasteiger partial charge in [0, 0.05) is 12.3 Å². The zero-order chi connectivity index (χ0) is 15.6. The van der Waals surface area contributed by atoms with Crippen molar-refractivity contribution in [3.8, 4) is 11.5 Å². The van der Waals surface area contributed by atoms with Crippen LogP contribution in [0.15, 0.2) is 12.1 Å². The van der Waals surface area contributed by atoms with E-state index in [0.29, 0.717) is 11.5 Å². The lowest BCUT2D eigenvalue weighted by atomic mass is 9.94. The van der Waals surface area contributed by atoms with Gasteiger partial charge in [-0.15, -0.1) is 0 Å². The number of carboxylic acid groups (broad SMARTS) is 1. The first-order valence-electron chi connectivity index (χ1n) is 6.70. The molecule has 0 fully saturated rings. The zero-order valence-electron chi connectivity index (χ0n) is 12.0. The van der Waals surface area contributed by atoms with Crippen LogP contribution in [-0.4, -0.2) is 31.2 Å². The van der Waals surface area contributed by atoms with Gasteiger partial charge in [0.2, 0.25) is 0 Å². The van der Waals surface area contributed by atoms with E-state index in [1.54, 1.807) is 12.1 Å². The van der Waals surface area contributed by atoms with E-state index in [2.05, 4.69) is 0 Å². The number of aliphatic carboxylic acids is 1. The number of methoxy groups -OCH3 is 2. The van der Waals surface area contributed by atoms with Crippen LogP contribution in [0.3, 0.4) is 0 Å². The predicted octanol–water partition coefficient (Wildman–Crippen LogP) is 2.92. The van der Waals surface area contributed by atoms with E-state index in [1.165, 1.54) is 14.2 Å². The first-order valence-corrected chi connectivity index (χ1v) is 6.70. The highest BCUT2D eigenvalue weighted by atomic mass is 19.3. The van der Waals surface area contributed by atoms with Crippen LogP contribution in [0.4, 0.5) is 8.78 Å². The van der Waals surface area contributed by atoms with Crippen LogP contribution in [0.5, 0.6) is 11.5 Å². The molecule has 0 saturated heterocycles. The van der Waals surface area contributed by atoms with E-state index in [1.807, 2.05) is 0 Å². The number of benzene rings is 1. The lowest BCUT2D eigenvalue weighted by Gasteiger charge is -2.22. The van der Waals surface area contributed by atoms with Gasteiger partial charge < -0.3 is 14.6 Å². The molecule has 1 aromatic rings. The van der Waals surface area contributed by atoms with E-state index in [4.69, 9.17) is 14.6 Å². The quantitative estimate of drug-likeness (QED) is 0.877. The summed E-state index contributed by atoms with van der Waals surface area (Å²) in [5.74, 6) is -4.02. The number of hydrogen-bond donors (Lipinski definition) is 1. The largest absolute Gasteiger partial charge is 0.493 e. The fourth-order valence-electron chi connectivity index (χ4n) is 2.72. The Balaban J connectivity index is 2.17. The Morgan fingerprint density at radius 1 is 1.24 bits per heavy atom.